The van der Waals surface area contributed by atoms with Gasteiger partial charge in [0.1, 0.15) is 6.10 Å². The van der Waals surface area contributed by atoms with Gasteiger partial charge in [-0.3, -0.25) is 14.6 Å². The molecule has 0 radical (unpaired) electrons. The Hall–Kier alpha value is -1.95. The van der Waals surface area contributed by atoms with Crippen LogP contribution in [0.15, 0.2) is 18.3 Å². The van der Waals surface area contributed by atoms with E-state index in [1.165, 1.54) is 6.42 Å². The van der Waals surface area contributed by atoms with Crippen molar-refractivity contribution < 1.29 is 14.3 Å². The van der Waals surface area contributed by atoms with Crippen LogP contribution in [0, 0.1) is 12.8 Å². The van der Waals surface area contributed by atoms with Crippen molar-refractivity contribution in [1.29, 1.82) is 0 Å². The first-order valence-corrected chi connectivity index (χ1v) is 9.28. The highest BCUT2D eigenvalue weighted by Crippen LogP contribution is 2.34. The predicted molar refractivity (Wildman–Crippen MR) is 92.0 cm³/mol. The third-order valence-corrected chi connectivity index (χ3v) is 5.74. The molecule has 3 aliphatic rings. The van der Waals surface area contributed by atoms with E-state index in [9.17, 15) is 9.59 Å². The number of rotatable bonds is 3. The van der Waals surface area contributed by atoms with Crippen LogP contribution in [0.3, 0.4) is 0 Å². The Balaban J connectivity index is 1.35. The van der Waals surface area contributed by atoms with Gasteiger partial charge in [-0.1, -0.05) is 0 Å². The molecule has 1 N–H and O–H groups in total. The van der Waals surface area contributed by atoms with Crippen LogP contribution in [0.5, 0.6) is 0 Å². The maximum absolute atomic E-state index is 12.7. The average molecular weight is 343 g/mol. The SMILES string of the molecule is Cc1ccc(C(=O)N2CC[C@H]3C[C@@H](C(=O)NC4CCC4)O[C@H]3C2)cn1. The molecule has 0 spiro atoms. The van der Waals surface area contributed by atoms with Crippen molar-refractivity contribution in [2.24, 2.45) is 5.92 Å². The van der Waals surface area contributed by atoms with Gasteiger partial charge in [0.25, 0.3) is 5.91 Å². The average Bonchev–Trinajstić information content (AvgIpc) is 3.01. The number of hydrogen-bond acceptors (Lipinski definition) is 4. The van der Waals surface area contributed by atoms with Crippen molar-refractivity contribution in [1.82, 2.24) is 15.2 Å². The number of nitrogens with zero attached hydrogens (tertiary/aromatic N) is 2. The van der Waals surface area contributed by atoms with Gasteiger partial charge in [-0.05, 0) is 57.1 Å². The zero-order chi connectivity index (χ0) is 17.4. The molecule has 0 bridgehead atoms. The number of hydrogen-bond donors (Lipinski definition) is 1. The smallest absolute Gasteiger partial charge is 0.255 e. The molecule has 0 unspecified atom stereocenters. The first kappa shape index (κ1) is 16.5. The molecule has 1 aliphatic carbocycles. The van der Waals surface area contributed by atoms with Gasteiger partial charge >= 0.3 is 0 Å². The summed E-state index contributed by atoms with van der Waals surface area (Å²) in [5.41, 5.74) is 1.51. The fourth-order valence-corrected chi connectivity index (χ4v) is 3.91. The monoisotopic (exact) mass is 343 g/mol. The lowest BCUT2D eigenvalue weighted by molar-refractivity contribution is -0.133. The summed E-state index contributed by atoms with van der Waals surface area (Å²) >= 11 is 0. The number of piperidine rings is 1. The van der Waals surface area contributed by atoms with Crippen molar-refractivity contribution in [3.63, 3.8) is 0 Å². The number of likely N-dealkylation sites (tertiary alicyclic amines) is 1. The van der Waals surface area contributed by atoms with Gasteiger partial charge < -0.3 is 15.0 Å². The standard InChI is InChI=1S/C19H25N3O3/c1-12-5-6-14(10-20-12)19(24)22-8-7-13-9-16(25-17(13)11-22)18(23)21-15-3-2-4-15/h5-6,10,13,15-17H,2-4,7-9,11H2,1H3,(H,21,23)/t13-,16-,17-/m0/s1. The maximum atomic E-state index is 12.7. The number of aromatic nitrogens is 1. The second kappa shape index (κ2) is 6.75. The molecular formula is C19H25N3O3. The molecule has 134 valence electrons. The van der Waals surface area contributed by atoms with E-state index in [0.29, 0.717) is 30.6 Å². The topological polar surface area (TPSA) is 71.5 Å². The quantitative estimate of drug-likeness (QED) is 0.906. The van der Waals surface area contributed by atoms with E-state index in [2.05, 4.69) is 10.3 Å². The normalized spacial score (nSPS) is 29.0. The van der Waals surface area contributed by atoms with Crippen LogP contribution < -0.4 is 5.32 Å². The minimum Gasteiger partial charge on any atom is -0.363 e. The Morgan fingerprint density at radius 2 is 2.12 bits per heavy atom. The number of aryl methyl sites for hydroxylation is 1. The van der Waals surface area contributed by atoms with E-state index in [1.54, 1.807) is 6.20 Å². The molecule has 3 fully saturated rings. The van der Waals surface area contributed by atoms with E-state index in [4.69, 9.17) is 4.74 Å². The van der Waals surface area contributed by atoms with Crippen LogP contribution in [0.4, 0.5) is 0 Å². The third kappa shape index (κ3) is 3.40. The van der Waals surface area contributed by atoms with Crippen molar-refractivity contribution in [3.05, 3.63) is 29.6 Å². The first-order valence-electron chi connectivity index (χ1n) is 9.28. The minimum absolute atomic E-state index is 0.00285. The molecule has 0 aromatic carbocycles. The van der Waals surface area contributed by atoms with E-state index in [-0.39, 0.29) is 24.0 Å². The summed E-state index contributed by atoms with van der Waals surface area (Å²) < 4.78 is 6.01. The molecule has 4 rings (SSSR count). The number of amides is 2. The number of pyridine rings is 1. The van der Waals surface area contributed by atoms with Crippen LogP contribution in [0.2, 0.25) is 0 Å². The lowest BCUT2D eigenvalue weighted by Gasteiger charge is -2.34. The van der Waals surface area contributed by atoms with Crippen LogP contribution in [0.1, 0.15) is 48.2 Å². The number of carbonyl (C=O) groups excluding carboxylic acids is 2. The third-order valence-electron chi connectivity index (χ3n) is 5.74. The van der Waals surface area contributed by atoms with Gasteiger partial charge in [0.05, 0.1) is 11.7 Å². The van der Waals surface area contributed by atoms with Crippen LogP contribution in [0.25, 0.3) is 0 Å². The number of ether oxygens (including phenoxy) is 1. The molecule has 1 saturated carbocycles. The van der Waals surface area contributed by atoms with Gasteiger partial charge in [-0.15, -0.1) is 0 Å². The number of nitrogens with one attached hydrogen (secondary N) is 1. The summed E-state index contributed by atoms with van der Waals surface area (Å²) in [4.78, 5) is 31.0. The van der Waals surface area contributed by atoms with Crippen LogP contribution in [-0.2, 0) is 9.53 Å². The van der Waals surface area contributed by atoms with Crippen LogP contribution >= 0.6 is 0 Å². The number of carbonyl (C=O) groups is 2. The summed E-state index contributed by atoms with van der Waals surface area (Å²) in [6, 6.07) is 4.01. The molecule has 2 aliphatic heterocycles. The van der Waals surface area contributed by atoms with E-state index in [1.807, 2.05) is 24.0 Å². The molecular weight excluding hydrogens is 318 g/mol. The van der Waals surface area contributed by atoms with Gasteiger partial charge in [0.15, 0.2) is 0 Å². The Labute approximate surface area is 147 Å². The van der Waals surface area contributed by atoms with Gasteiger partial charge in [0, 0.05) is 31.0 Å². The molecule has 1 aromatic heterocycles. The Kier molecular flexibility index (Phi) is 4.46. The fourth-order valence-electron chi connectivity index (χ4n) is 3.91. The summed E-state index contributed by atoms with van der Waals surface area (Å²) in [6.45, 7) is 3.18. The molecule has 6 heteroatoms. The summed E-state index contributed by atoms with van der Waals surface area (Å²) in [7, 11) is 0. The maximum Gasteiger partial charge on any atom is 0.255 e. The summed E-state index contributed by atoms with van der Waals surface area (Å²) in [6.07, 6.45) is 6.28. The Morgan fingerprint density at radius 3 is 2.80 bits per heavy atom. The van der Waals surface area contributed by atoms with Crippen molar-refractivity contribution >= 4 is 11.8 Å². The molecule has 2 amide bonds. The zero-order valence-corrected chi connectivity index (χ0v) is 14.6. The Morgan fingerprint density at radius 1 is 1.28 bits per heavy atom. The van der Waals surface area contributed by atoms with Crippen molar-refractivity contribution in [2.45, 2.75) is 57.3 Å². The zero-order valence-electron chi connectivity index (χ0n) is 14.6. The second-order valence-electron chi connectivity index (χ2n) is 7.52. The van der Waals surface area contributed by atoms with E-state index in [0.717, 1.165) is 31.4 Å². The summed E-state index contributed by atoms with van der Waals surface area (Å²) in [5.74, 6) is 0.397. The largest absolute Gasteiger partial charge is 0.363 e. The highest BCUT2D eigenvalue weighted by Gasteiger charge is 2.43. The van der Waals surface area contributed by atoms with Gasteiger partial charge in [-0.25, -0.2) is 0 Å². The highest BCUT2D eigenvalue weighted by molar-refractivity contribution is 5.94. The van der Waals surface area contributed by atoms with Crippen molar-refractivity contribution in [3.8, 4) is 0 Å². The second-order valence-corrected chi connectivity index (χ2v) is 7.52. The van der Waals surface area contributed by atoms with Crippen LogP contribution in [-0.4, -0.2) is 53.0 Å². The van der Waals surface area contributed by atoms with Crippen molar-refractivity contribution in [2.75, 3.05) is 13.1 Å². The molecule has 1 aromatic rings. The Bertz CT molecular complexity index is 656. The summed E-state index contributed by atoms with van der Waals surface area (Å²) in [5, 5.41) is 3.08. The number of fused-ring (bicyclic) bond motifs is 1. The van der Waals surface area contributed by atoms with E-state index >= 15 is 0 Å². The predicted octanol–water partition coefficient (Wildman–Crippen LogP) is 1.68. The fraction of sp³-hybridized carbons (Fsp3) is 0.632. The minimum atomic E-state index is -0.355. The van der Waals surface area contributed by atoms with E-state index < -0.39 is 0 Å². The molecule has 2 saturated heterocycles. The molecule has 6 nitrogen and oxygen atoms in total. The van der Waals surface area contributed by atoms with Gasteiger partial charge in [0.2, 0.25) is 5.91 Å². The molecule has 3 heterocycles. The lowest BCUT2D eigenvalue weighted by atomic mass is 9.90. The first-order chi connectivity index (χ1) is 12.1. The lowest BCUT2D eigenvalue weighted by Crippen LogP contribution is -2.46. The molecule has 25 heavy (non-hydrogen) atoms. The highest BCUT2D eigenvalue weighted by atomic mass is 16.5. The molecule has 3 atom stereocenters. The van der Waals surface area contributed by atoms with Gasteiger partial charge in [-0.2, -0.15) is 0 Å².